The number of terminal acetylenes is 1. The van der Waals surface area contributed by atoms with E-state index in [1.54, 1.807) is 11.3 Å². The Balaban J connectivity index is 2.86. The average molecular weight is 207 g/mol. The summed E-state index contributed by atoms with van der Waals surface area (Å²) in [7, 11) is 0. The van der Waals surface area contributed by atoms with Gasteiger partial charge in [-0.25, -0.2) is 0 Å². The van der Waals surface area contributed by atoms with Crippen molar-refractivity contribution in [3.05, 3.63) is 17.0 Å². The molecule has 14 heavy (non-hydrogen) atoms. The van der Waals surface area contributed by atoms with Gasteiger partial charge >= 0.3 is 0 Å². The minimum absolute atomic E-state index is 0.472. The molecule has 0 saturated heterocycles. The third-order valence-electron chi connectivity index (χ3n) is 1.98. The van der Waals surface area contributed by atoms with Gasteiger partial charge in [-0.2, -0.15) is 0 Å². The lowest BCUT2D eigenvalue weighted by atomic mass is 10.2. The van der Waals surface area contributed by atoms with Crippen LogP contribution in [0.4, 0.5) is 5.00 Å². The molecule has 0 aliphatic heterocycles. The first kappa shape index (κ1) is 10.8. The molecule has 2 nitrogen and oxygen atoms in total. The Morgan fingerprint density at radius 3 is 3.07 bits per heavy atom. The first-order valence-electron chi connectivity index (χ1n) is 4.51. The summed E-state index contributed by atoms with van der Waals surface area (Å²) in [6.45, 7) is 3.53. The van der Waals surface area contributed by atoms with Gasteiger partial charge in [0.15, 0.2) is 0 Å². The second kappa shape index (κ2) is 5.46. The average Bonchev–Trinajstić information content (AvgIpc) is 2.63. The van der Waals surface area contributed by atoms with Gasteiger partial charge in [-0.1, -0.05) is 5.92 Å². The van der Waals surface area contributed by atoms with Crippen LogP contribution < -0.4 is 4.90 Å². The molecular formula is C11H13NOS. The Kier molecular flexibility index (Phi) is 4.21. The lowest BCUT2D eigenvalue weighted by Gasteiger charge is -2.19. The van der Waals surface area contributed by atoms with Crippen molar-refractivity contribution in [1.29, 1.82) is 0 Å². The van der Waals surface area contributed by atoms with Crippen LogP contribution in [0.25, 0.3) is 0 Å². The van der Waals surface area contributed by atoms with Crippen LogP contribution in [0.5, 0.6) is 0 Å². The lowest BCUT2D eigenvalue weighted by molar-refractivity contribution is -0.107. The topological polar surface area (TPSA) is 20.3 Å². The van der Waals surface area contributed by atoms with Crippen molar-refractivity contribution >= 4 is 22.6 Å². The number of anilines is 1. The van der Waals surface area contributed by atoms with Crippen LogP contribution in [-0.2, 0) is 11.2 Å². The number of carbonyl (C=O) groups excluding carboxylic acids is 1. The van der Waals surface area contributed by atoms with Crippen LogP contribution in [0.2, 0.25) is 0 Å². The fraction of sp³-hybridized carbons (Fsp3) is 0.364. The molecule has 0 aliphatic rings. The summed E-state index contributed by atoms with van der Waals surface area (Å²) in [5.41, 5.74) is 1.07. The molecule has 0 saturated carbocycles. The molecule has 1 rings (SSSR count). The summed E-state index contributed by atoms with van der Waals surface area (Å²) >= 11 is 1.63. The SMILES string of the molecule is C#CCN(CC)c1sccc1CC=O. The third-order valence-corrected chi connectivity index (χ3v) is 2.99. The molecule has 0 radical (unpaired) electrons. The first-order valence-corrected chi connectivity index (χ1v) is 5.39. The van der Waals surface area contributed by atoms with E-state index in [9.17, 15) is 4.79 Å². The van der Waals surface area contributed by atoms with E-state index in [-0.39, 0.29) is 0 Å². The Hall–Kier alpha value is -1.27. The first-order chi connectivity index (χ1) is 6.83. The van der Waals surface area contributed by atoms with Crippen LogP contribution in [0.1, 0.15) is 12.5 Å². The van der Waals surface area contributed by atoms with Crippen LogP contribution in [0.3, 0.4) is 0 Å². The molecule has 0 atom stereocenters. The molecule has 0 aromatic carbocycles. The van der Waals surface area contributed by atoms with Crippen molar-refractivity contribution in [3.63, 3.8) is 0 Å². The van der Waals surface area contributed by atoms with E-state index in [1.165, 1.54) is 0 Å². The maximum Gasteiger partial charge on any atom is 0.124 e. The number of thiophene rings is 1. The van der Waals surface area contributed by atoms with Gasteiger partial charge in [-0.3, -0.25) is 0 Å². The van der Waals surface area contributed by atoms with E-state index in [0.29, 0.717) is 13.0 Å². The largest absolute Gasteiger partial charge is 0.352 e. The molecule has 0 spiro atoms. The quantitative estimate of drug-likeness (QED) is 0.543. The highest BCUT2D eigenvalue weighted by Crippen LogP contribution is 2.27. The Labute approximate surface area is 88.5 Å². The summed E-state index contributed by atoms with van der Waals surface area (Å²) in [4.78, 5) is 12.5. The maximum atomic E-state index is 10.4. The number of rotatable bonds is 5. The van der Waals surface area contributed by atoms with Gasteiger partial charge < -0.3 is 9.69 Å². The monoisotopic (exact) mass is 207 g/mol. The fourth-order valence-electron chi connectivity index (χ4n) is 1.29. The number of carbonyl (C=O) groups is 1. The van der Waals surface area contributed by atoms with E-state index >= 15 is 0 Å². The minimum atomic E-state index is 0.472. The zero-order valence-electron chi connectivity index (χ0n) is 8.19. The fourth-order valence-corrected chi connectivity index (χ4v) is 2.29. The van der Waals surface area contributed by atoms with Gasteiger partial charge in [0.05, 0.1) is 11.5 Å². The van der Waals surface area contributed by atoms with Crippen LogP contribution >= 0.6 is 11.3 Å². The molecule has 0 bridgehead atoms. The maximum absolute atomic E-state index is 10.4. The van der Waals surface area contributed by atoms with Crippen molar-refractivity contribution in [2.45, 2.75) is 13.3 Å². The molecule has 1 aromatic rings. The smallest absolute Gasteiger partial charge is 0.124 e. The van der Waals surface area contributed by atoms with Crippen molar-refractivity contribution < 1.29 is 4.79 Å². The highest BCUT2D eigenvalue weighted by atomic mass is 32.1. The molecule has 0 amide bonds. The number of hydrogen-bond acceptors (Lipinski definition) is 3. The molecule has 0 N–H and O–H groups in total. The highest BCUT2D eigenvalue weighted by Gasteiger charge is 2.09. The van der Waals surface area contributed by atoms with Crippen molar-refractivity contribution in [3.8, 4) is 12.3 Å². The van der Waals surface area contributed by atoms with Crippen LogP contribution in [0.15, 0.2) is 11.4 Å². The number of hydrogen-bond donors (Lipinski definition) is 0. The summed E-state index contributed by atoms with van der Waals surface area (Å²) in [5, 5.41) is 3.12. The van der Waals surface area contributed by atoms with Crippen molar-refractivity contribution in [1.82, 2.24) is 0 Å². The van der Waals surface area contributed by atoms with E-state index in [0.717, 1.165) is 23.4 Å². The molecule has 0 aliphatic carbocycles. The molecule has 74 valence electrons. The van der Waals surface area contributed by atoms with Crippen LogP contribution in [-0.4, -0.2) is 19.4 Å². The van der Waals surface area contributed by atoms with Gasteiger partial charge in [-0.15, -0.1) is 17.8 Å². The van der Waals surface area contributed by atoms with E-state index < -0.39 is 0 Å². The third kappa shape index (κ3) is 2.36. The summed E-state index contributed by atoms with van der Waals surface area (Å²) in [5.74, 6) is 2.62. The summed E-state index contributed by atoms with van der Waals surface area (Å²) in [6, 6.07) is 1.98. The molecule has 0 unspecified atom stereocenters. The second-order valence-corrected chi connectivity index (χ2v) is 3.73. The van der Waals surface area contributed by atoms with Crippen molar-refractivity contribution in [2.75, 3.05) is 18.0 Å². The Bertz CT molecular complexity index is 337. The molecule has 0 fully saturated rings. The van der Waals surface area contributed by atoms with Gasteiger partial charge in [0, 0.05) is 13.0 Å². The molecule has 3 heteroatoms. The predicted molar refractivity (Wildman–Crippen MR) is 60.8 cm³/mol. The minimum Gasteiger partial charge on any atom is -0.352 e. The van der Waals surface area contributed by atoms with Gasteiger partial charge in [0.1, 0.15) is 6.29 Å². The molecule has 1 heterocycles. The second-order valence-electron chi connectivity index (χ2n) is 2.84. The zero-order valence-corrected chi connectivity index (χ0v) is 9.01. The van der Waals surface area contributed by atoms with E-state index in [1.807, 2.05) is 11.4 Å². The van der Waals surface area contributed by atoms with Crippen molar-refractivity contribution in [2.24, 2.45) is 0 Å². The molecule has 1 aromatic heterocycles. The highest BCUT2D eigenvalue weighted by molar-refractivity contribution is 7.14. The number of nitrogens with zero attached hydrogens (tertiary/aromatic N) is 1. The van der Waals surface area contributed by atoms with Gasteiger partial charge in [0.2, 0.25) is 0 Å². The van der Waals surface area contributed by atoms with E-state index in [4.69, 9.17) is 6.42 Å². The standard InChI is InChI=1S/C11H13NOS/c1-3-7-12(4-2)11-10(5-8-13)6-9-14-11/h1,6,8-9H,4-5,7H2,2H3. The normalized spacial score (nSPS) is 9.43. The summed E-state index contributed by atoms with van der Waals surface area (Å²) in [6.07, 6.45) is 6.68. The number of aldehydes is 1. The van der Waals surface area contributed by atoms with E-state index in [2.05, 4.69) is 17.7 Å². The summed E-state index contributed by atoms with van der Waals surface area (Å²) < 4.78 is 0. The lowest BCUT2D eigenvalue weighted by Crippen LogP contribution is -2.22. The van der Waals surface area contributed by atoms with Gasteiger partial charge in [0.25, 0.3) is 0 Å². The molecular weight excluding hydrogens is 194 g/mol. The Morgan fingerprint density at radius 1 is 1.71 bits per heavy atom. The predicted octanol–water partition coefficient (Wildman–Crippen LogP) is 1.95. The van der Waals surface area contributed by atoms with Crippen LogP contribution in [0, 0.1) is 12.3 Å². The zero-order chi connectivity index (χ0) is 10.4. The Morgan fingerprint density at radius 2 is 2.50 bits per heavy atom. The van der Waals surface area contributed by atoms with Gasteiger partial charge in [-0.05, 0) is 23.9 Å².